The van der Waals surface area contributed by atoms with Crippen LogP contribution < -0.4 is 4.74 Å². The van der Waals surface area contributed by atoms with Gasteiger partial charge < -0.3 is 40.1 Å². The largest absolute Gasteiger partial charge is 0.507 e. The van der Waals surface area contributed by atoms with Crippen molar-refractivity contribution in [2.45, 2.75) is 37.6 Å². The van der Waals surface area contributed by atoms with Crippen molar-refractivity contribution in [3.63, 3.8) is 0 Å². The zero-order valence-electron chi connectivity index (χ0n) is 16.4. The zero-order valence-corrected chi connectivity index (χ0v) is 16.4. The van der Waals surface area contributed by atoms with Crippen molar-refractivity contribution in [3.05, 3.63) is 52.1 Å². The van der Waals surface area contributed by atoms with Crippen LogP contribution >= 0.6 is 0 Å². The van der Waals surface area contributed by atoms with Gasteiger partial charge in [-0.15, -0.1) is 0 Å². The maximum atomic E-state index is 13.0. The van der Waals surface area contributed by atoms with Gasteiger partial charge in [0.1, 0.15) is 35.6 Å². The van der Waals surface area contributed by atoms with Crippen LogP contribution in [0.4, 0.5) is 0 Å². The molecule has 2 aromatic rings. The summed E-state index contributed by atoms with van der Waals surface area (Å²) in [5, 5.41) is 59.4. The number of aliphatic hydroxyl groups is 3. The molecule has 2 aromatic carbocycles. The summed E-state index contributed by atoms with van der Waals surface area (Å²) in [6.45, 7) is 1.62. The molecule has 168 valence electrons. The number of hydrogen-bond acceptors (Lipinski definition) is 10. The van der Waals surface area contributed by atoms with Gasteiger partial charge in [0.2, 0.25) is 12.1 Å². The fourth-order valence-corrected chi connectivity index (χ4v) is 3.83. The summed E-state index contributed by atoms with van der Waals surface area (Å²) in [7, 11) is 0. The predicted octanol–water partition coefficient (Wildman–Crippen LogP) is -0.547. The Hall–Kier alpha value is -3.51. The number of rotatable bonds is 3. The first-order valence-electron chi connectivity index (χ1n) is 9.40. The number of aliphatic carboxylic acids is 1. The Balaban J connectivity index is 1.72. The second kappa shape index (κ2) is 7.57. The number of ketones is 2. The summed E-state index contributed by atoms with van der Waals surface area (Å²) in [5.74, 6) is -4.43. The number of carbonyl (C=O) groups is 3. The number of ether oxygens (including phenoxy) is 2. The lowest BCUT2D eigenvalue weighted by Crippen LogP contribution is -2.61. The molecule has 1 aliphatic heterocycles. The van der Waals surface area contributed by atoms with Crippen LogP contribution in [0.25, 0.3) is 0 Å². The van der Waals surface area contributed by atoms with Crippen molar-refractivity contribution in [2.24, 2.45) is 0 Å². The lowest BCUT2D eigenvalue weighted by atomic mass is 9.82. The van der Waals surface area contributed by atoms with Crippen LogP contribution in [0.3, 0.4) is 0 Å². The lowest BCUT2D eigenvalue weighted by molar-refractivity contribution is -0.271. The number of aromatic hydroxyl groups is 2. The maximum absolute atomic E-state index is 13.0. The van der Waals surface area contributed by atoms with Crippen LogP contribution in [0.1, 0.15) is 37.4 Å². The van der Waals surface area contributed by atoms with E-state index >= 15 is 0 Å². The smallest absolute Gasteiger partial charge is 0.335 e. The van der Waals surface area contributed by atoms with E-state index in [1.807, 2.05) is 0 Å². The zero-order chi connectivity index (χ0) is 23.5. The van der Waals surface area contributed by atoms with Gasteiger partial charge in [-0.1, -0.05) is 0 Å². The minimum absolute atomic E-state index is 0.0741. The van der Waals surface area contributed by atoms with E-state index in [0.29, 0.717) is 5.56 Å². The quantitative estimate of drug-likeness (QED) is 0.303. The monoisotopic (exact) mass is 446 g/mol. The van der Waals surface area contributed by atoms with E-state index < -0.39 is 59.7 Å². The molecule has 0 aromatic heterocycles. The van der Waals surface area contributed by atoms with Crippen molar-refractivity contribution in [1.82, 2.24) is 0 Å². The molecule has 0 spiro atoms. The number of carbonyl (C=O) groups excluding carboxylic acids is 2. The van der Waals surface area contributed by atoms with Crippen molar-refractivity contribution in [3.8, 4) is 17.2 Å². The third-order valence-corrected chi connectivity index (χ3v) is 5.36. The highest BCUT2D eigenvalue weighted by Crippen LogP contribution is 2.40. The average molecular weight is 446 g/mol. The summed E-state index contributed by atoms with van der Waals surface area (Å²) >= 11 is 0. The Labute approximate surface area is 179 Å². The van der Waals surface area contributed by atoms with Crippen LogP contribution in [0.5, 0.6) is 17.2 Å². The molecule has 4 rings (SSSR count). The van der Waals surface area contributed by atoms with Crippen LogP contribution in [0.2, 0.25) is 0 Å². The number of aryl methyl sites for hydroxylation is 1. The topological polar surface area (TPSA) is 191 Å². The van der Waals surface area contributed by atoms with Crippen molar-refractivity contribution in [2.75, 3.05) is 0 Å². The highest BCUT2D eigenvalue weighted by atomic mass is 16.7. The molecular formula is C21H18O11. The maximum Gasteiger partial charge on any atom is 0.335 e. The van der Waals surface area contributed by atoms with Crippen LogP contribution in [0, 0.1) is 6.92 Å². The highest BCUT2D eigenvalue weighted by Gasteiger charge is 2.48. The van der Waals surface area contributed by atoms with Gasteiger partial charge in [-0.25, -0.2) is 4.79 Å². The van der Waals surface area contributed by atoms with Gasteiger partial charge in [-0.2, -0.15) is 0 Å². The van der Waals surface area contributed by atoms with Gasteiger partial charge >= 0.3 is 5.97 Å². The molecule has 0 bridgehead atoms. The lowest BCUT2D eigenvalue weighted by Gasteiger charge is -2.38. The van der Waals surface area contributed by atoms with E-state index in [1.165, 1.54) is 12.1 Å². The second-order valence-corrected chi connectivity index (χ2v) is 7.58. The summed E-state index contributed by atoms with van der Waals surface area (Å²) in [5.41, 5.74) is -0.408. The Morgan fingerprint density at radius 3 is 2.09 bits per heavy atom. The van der Waals surface area contributed by atoms with Gasteiger partial charge in [0.25, 0.3) is 0 Å². The third-order valence-electron chi connectivity index (χ3n) is 5.36. The van der Waals surface area contributed by atoms with Crippen LogP contribution in [-0.4, -0.2) is 78.9 Å². The summed E-state index contributed by atoms with van der Waals surface area (Å²) in [6.07, 6.45) is -9.39. The summed E-state index contributed by atoms with van der Waals surface area (Å²) < 4.78 is 10.4. The van der Waals surface area contributed by atoms with Gasteiger partial charge in [0, 0.05) is 17.2 Å². The molecule has 11 heteroatoms. The normalized spacial score (nSPS) is 26.9. The van der Waals surface area contributed by atoms with Gasteiger partial charge in [-0.3, -0.25) is 9.59 Å². The molecule has 1 heterocycles. The molecule has 2 aliphatic rings. The number of carboxylic acids is 1. The highest BCUT2D eigenvalue weighted by molar-refractivity contribution is 6.30. The molecule has 1 fully saturated rings. The number of fused-ring (bicyclic) bond motifs is 2. The number of benzene rings is 2. The minimum Gasteiger partial charge on any atom is -0.507 e. The van der Waals surface area contributed by atoms with Gasteiger partial charge in [0.05, 0.1) is 11.1 Å². The first-order valence-corrected chi connectivity index (χ1v) is 9.40. The molecular weight excluding hydrogens is 428 g/mol. The predicted molar refractivity (Wildman–Crippen MR) is 103 cm³/mol. The average Bonchev–Trinajstić information content (AvgIpc) is 2.71. The van der Waals surface area contributed by atoms with Crippen LogP contribution in [-0.2, 0) is 9.53 Å². The molecule has 5 atom stereocenters. The molecule has 0 radical (unpaired) electrons. The standard InChI is InChI=1S/C21H18O11/c1-6-2-8-12(10(22)3-6)15(25)13-9(14(8)24)4-7(5-11(13)23)31-21-18(28)16(26)17(27)19(32-21)20(29)30/h2-5,16-19,21-23,26-28H,1H3,(H,29,30)/t16-,17-,18+,19-,21+/m0/s1. The summed E-state index contributed by atoms with van der Waals surface area (Å²) in [4.78, 5) is 37.1. The molecule has 11 nitrogen and oxygen atoms in total. The molecule has 0 saturated carbocycles. The van der Waals surface area contributed by atoms with E-state index in [9.17, 15) is 39.9 Å². The Morgan fingerprint density at radius 1 is 0.875 bits per heavy atom. The van der Waals surface area contributed by atoms with E-state index in [1.54, 1.807) is 6.92 Å². The Kier molecular flexibility index (Phi) is 5.13. The van der Waals surface area contributed by atoms with Gasteiger partial charge in [-0.05, 0) is 30.7 Å². The van der Waals surface area contributed by atoms with Gasteiger partial charge in [0.15, 0.2) is 11.9 Å². The molecule has 1 saturated heterocycles. The Morgan fingerprint density at radius 2 is 1.47 bits per heavy atom. The fourth-order valence-electron chi connectivity index (χ4n) is 3.83. The SMILES string of the molecule is Cc1cc(O)c2c(c1)C(=O)c1cc(O[C@@H]3O[C@H](C(=O)O)[C@@H](O)[C@H](O)[C@H]3O)cc(O)c1C2=O. The molecule has 32 heavy (non-hydrogen) atoms. The Bertz CT molecular complexity index is 1150. The van der Waals surface area contributed by atoms with E-state index in [-0.39, 0.29) is 28.0 Å². The van der Waals surface area contributed by atoms with E-state index in [2.05, 4.69) is 0 Å². The van der Waals surface area contributed by atoms with Crippen molar-refractivity contribution in [1.29, 1.82) is 0 Å². The van der Waals surface area contributed by atoms with Crippen molar-refractivity contribution < 1.29 is 54.5 Å². The number of hydrogen-bond donors (Lipinski definition) is 6. The molecule has 1 aliphatic carbocycles. The van der Waals surface area contributed by atoms with E-state index in [4.69, 9.17) is 14.6 Å². The number of phenolic OH excluding ortho intramolecular Hbond substituents is 2. The number of aliphatic hydroxyl groups excluding tert-OH is 3. The number of carboxylic acid groups (broad SMARTS) is 1. The third kappa shape index (κ3) is 3.28. The minimum atomic E-state index is -1.93. The second-order valence-electron chi connectivity index (χ2n) is 7.58. The molecule has 0 amide bonds. The van der Waals surface area contributed by atoms with Crippen LogP contribution in [0.15, 0.2) is 24.3 Å². The molecule has 0 unspecified atom stereocenters. The number of phenols is 2. The van der Waals surface area contributed by atoms with E-state index in [0.717, 1.165) is 12.1 Å². The molecule has 6 N–H and O–H groups in total. The fraction of sp³-hybridized carbons (Fsp3) is 0.286. The van der Waals surface area contributed by atoms with Crippen molar-refractivity contribution >= 4 is 17.5 Å². The first-order chi connectivity index (χ1) is 15.0. The summed E-state index contributed by atoms with van der Waals surface area (Å²) in [6, 6.07) is 4.74. The first kappa shape index (κ1) is 21.7.